The normalized spacial score (nSPS) is 18.7. The van der Waals surface area contributed by atoms with Crippen molar-refractivity contribution in [2.45, 2.75) is 33.2 Å². The molecule has 0 spiro atoms. The van der Waals surface area contributed by atoms with Crippen LogP contribution in [0.1, 0.15) is 38.1 Å². The number of methoxy groups -OCH3 is 1. The zero-order chi connectivity index (χ0) is 15.2. The molecular weight excluding hydrogens is 264 g/mol. The lowest BCUT2D eigenvalue weighted by molar-refractivity contribution is 0.0620. The van der Waals surface area contributed by atoms with Crippen LogP contribution in [0, 0.1) is 5.41 Å². The number of rotatable bonds is 0. The van der Waals surface area contributed by atoms with Crippen LogP contribution in [-0.2, 0) is 11.2 Å². The molecule has 1 amide bonds. The second-order valence-corrected chi connectivity index (χ2v) is 6.74. The Bertz CT molecular complexity index is 682. The predicted molar refractivity (Wildman–Crippen MR) is 83.3 cm³/mol. The van der Waals surface area contributed by atoms with Crippen LogP contribution in [0.3, 0.4) is 0 Å². The van der Waals surface area contributed by atoms with Crippen molar-refractivity contribution in [2.75, 3.05) is 13.7 Å². The molecule has 21 heavy (non-hydrogen) atoms. The monoisotopic (exact) mass is 286 g/mol. The first-order chi connectivity index (χ1) is 9.93. The summed E-state index contributed by atoms with van der Waals surface area (Å²) in [7, 11) is 1.45. The van der Waals surface area contributed by atoms with E-state index >= 15 is 0 Å². The number of H-pyrrole nitrogens is 1. The zero-order valence-corrected chi connectivity index (χ0v) is 13.1. The molecule has 2 heterocycles. The molecule has 3 rings (SSSR count). The fourth-order valence-electron chi connectivity index (χ4n) is 3.46. The van der Waals surface area contributed by atoms with Gasteiger partial charge in [-0.3, -0.25) is 4.90 Å². The van der Waals surface area contributed by atoms with Gasteiger partial charge in [0.1, 0.15) is 0 Å². The molecular formula is C17H22N2O2. The fourth-order valence-corrected chi connectivity index (χ4v) is 3.46. The summed E-state index contributed by atoms with van der Waals surface area (Å²) in [6.45, 7) is 7.18. The molecule has 1 unspecified atom stereocenters. The Balaban J connectivity index is 2.18. The van der Waals surface area contributed by atoms with E-state index in [1.54, 1.807) is 0 Å². The quantitative estimate of drug-likeness (QED) is 0.798. The van der Waals surface area contributed by atoms with Crippen LogP contribution in [0.4, 0.5) is 4.79 Å². The van der Waals surface area contributed by atoms with Crippen molar-refractivity contribution in [3.63, 3.8) is 0 Å². The first kappa shape index (κ1) is 14.0. The second kappa shape index (κ2) is 4.79. The van der Waals surface area contributed by atoms with E-state index in [0.29, 0.717) is 6.54 Å². The summed E-state index contributed by atoms with van der Waals surface area (Å²) < 4.78 is 4.98. The first-order valence-electron chi connectivity index (χ1n) is 7.37. The minimum Gasteiger partial charge on any atom is -0.453 e. The summed E-state index contributed by atoms with van der Waals surface area (Å²) in [5.41, 5.74) is 3.57. The highest BCUT2D eigenvalue weighted by molar-refractivity contribution is 5.85. The molecule has 1 N–H and O–H groups in total. The molecule has 1 aromatic carbocycles. The van der Waals surface area contributed by atoms with Gasteiger partial charge in [-0.25, -0.2) is 4.79 Å². The number of carbonyl (C=O) groups is 1. The van der Waals surface area contributed by atoms with Gasteiger partial charge in [-0.1, -0.05) is 39.0 Å². The number of benzene rings is 1. The first-order valence-corrected chi connectivity index (χ1v) is 7.37. The molecule has 0 bridgehead atoms. The summed E-state index contributed by atoms with van der Waals surface area (Å²) in [5.74, 6) is 0. The molecule has 4 nitrogen and oxygen atoms in total. The maximum Gasteiger partial charge on any atom is 0.410 e. The number of aromatic nitrogens is 1. The van der Waals surface area contributed by atoms with E-state index < -0.39 is 0 Å². The molecule has 112 valence electrons. The number of fused-ring (bicyclic) bond motifs is 3. The molecule has 1 atom stereocenters. The molecule has 1 aliphatic rings. The third-order valence-electron chi connectivity index (χ3n) is 4.26. The van der Waals surface area contributed by atoms with Gasteiger partial charge in [0, 0.05) is 23.1 Å². The van der Waals surface area contributed by atoms with Gasteiger partial charge in [0.15, 0.2) is 0 Å². The Labute approximate surface area is 125 Å². The maximum atomic E-state index is 12.1. The number of carbonyl (C=O) groups excluding carboxylic acids is 1. The lowest BCUT2D eigenvalue weighted by Gasteiger charge is -2.42. The standard InChI is InChI=1S/C17H22N2O2/c1-17(2,3)15-14-12(9-10-19(15)16(20)21-4)11-7-5-6-8-13(11)18-14/h5-8,15,18H,9-10H2,1-4H3. The Morgan fingerprint density at radius 2 is 2.05 bits per heavy atom. The smallest absolute Gasteiger partial charge is 0.410 e. The van der Waals surface area contributed by atoms with Crippen LogP contribution in [0.2, 0.25) is 0 Å². The summed E-state index contributed by atoms with van der Waals surface area (Å²) in [5, 5.41) is 1.27. The number of para-hydroxylation sites is 1. The molecule has 0 saturated heterocycles. The lowest BCUT2D eigenvalue weighted by Crippen LogP contribution is -2.45. The molecule has 0 fully saturated rings. The highest BCUT2D eigenvalue weighted by Crippen LogP contribution is 2.44. The van der Waals surface area contributed by atoms with Crippen LogP contribution in [0.15, 0.2) is 24.3 Å². The highest BCUT2D eigenvalue weighted by Gasteiger charge is 2.40. The van der Waals surface area contributed by atoms with Gasteiger partial charge in [0.25, 0.3) is 0 Å². The Hall–Kier alpha value is -1.97. The predicted octanol–water partition coefficient (Wildman–Crippen LogP) is 3.88. The largest absolute Gasteiger partial charge is 0.453 e. The van der Waals surface area contributed by atoms with E-state index in [1.165, 1.54) is 18.1 Å². The minimum absolute atomic E-state index is 0.00102. The number of ether oxygens (including phenoxy) is 1. The van der Waals surface area contributed by atoms with Crippen molar-refractivity contribution in [1.82, 2.24) is 9.88 Å². The topological polar surface area (TPSA) is 45.3 Å². The second-order valence-electron chi connectivity index (χ2n) is 6.74. The van der Waals surface area contributed by atoms with E-state index in [9.17, 15) is 4.79 Å². The van der Waals surface area contributed by atoms with Crippen LogP contribution >= 0.6 is 0 Å². The van der Waals surface area contributed by atoms with Crippen molar-refractivity contribution in [1.29, 1.82) is 0 Å². The zero-order valence-electron chi connectivity index (χ0n) is 13.1. The lowest BCUT2D eigenvalue weighted by atomic mass is 9.80. The maximum absolute atomic E-state index is 12.1. The van der Waals surface area contributed by atoms with Crippen LogP contribution in [-0.4, -0.2) is 29.6 Å². The SMILES string of the molecule is COC(=O)N1CCc2c([nH]c3ccccc23)C1C(C)(C)C. The Kier molecular flexibility index (Phi) is 3.19. The third kappa shape index (κ3) is 2.19. The number of amides is 1. The van der Waals surface area contributed by atoms with Crippen LogP contribution < -0.4 is 0 Å². The summed E-state index contributed by atoms with van der Waals surface area (Å²) >= 11 is 0. The number of nitrogens with zero attached hydrogens (tertiary/aromatic N) is 1. The van der Waals surface area contributed by atoms with Gasteiger partial charge in [0.05, 0.1) is 13.2 Å². The van der Waals surface area contributed by atoms with Crippen molar-refractivity contribution in [2.24, 2.45) is 5.41 Å². The minimum atomic E-state index is -0.251. The fraction of sp³-hybridized carbons (Fsp3) is 0.471. The number of aromatic amines is 1. The van der Waals surface area contributed by atoms with E-state index in [0.717, 1.165) is 17.6 Å². The van der Waals surface area contributed by atoms with E-state index in [2.05, 4.69) is 44.0 Å². The average molecular weight is 286 g/mol. The Morgan fingerprint density at radius 1 is 1.33 bits per heavy atom. The van der Waals surface area contributed by atoms with Gasteiger partial charge < -0.3 is 9.72 Å². The van der Waals surface area contributed by atoms with Crippen molar-refractivity contribution in [3.05, 3.63) is 35.5 Å². The van der Waals surface area contributed by atoms with Crippen molar-refractivity contribution >= 4 is 17.0 Å². The van der Waals surface area contributed by atoms with Gasteiger partial charge in [-0.15, -0.1) is 0 Å². The number of hydrogen-bond acceptors (Lipinski definition) is 2. The summed E-state index contributed by atoms with van der Waals surface area (Å²) in [6.07, 6.45) is 0.611. The molecule has 1 aromatic heterocycles. The highest BCUT2D eigenvalue weighted by atomic mass is 16.5. The molecule has 0 radical (unpaired) electrons. The van der Waals surface area contributed by atoms with Gasteiger partial charge in [-0.05, 0) is 23.5 Å². The Morgan fingerprint density at radius 3 is 2.71 bits per heavy atom. The molecule has 0 aliphatic carbocycles. The van der Waals surface area contributed by atoms with Gasteiger partial charge in [0.2, 0.25) is 0 Å². The van der Waals surface area contributed by atoms with Gasteiger partial charge >= 0.3 is 6.09 Å². The van der Waals surface area contributed by atoms with Crippen LogP contribution in [0.5, 0.6) is 0 Å². The third-order valence-corrected chi connectivity index (χ3v) is 4.26. The van der Waals surface area contributed by atoms with Crippen molar-refractivity contribution < 1.29 is 9.53 Å². The van der Waals surface area contributed by atoms with E-state index in [1.807, 2.05) is 11.0 Å². The van der Waals surface area contributed by atoms with Crippen molar-refractivity contribution in [3.8, 4) is 0 Å². The summed E-state index contributed by atoms with van der Waals surface area (Å²) in [4.78, 5) is 17.5. The molecule has 1 aliphatic heterocycles. The molecule has 2 aromatic rings. The van der Waals surface area contributed by atoms with E-state index in [4.69, 9.17) is 4.74 Å². The number of nitrogens with one attached hydrogen (secondary N) is 1. The summed E-state index contributed by atoms with van der Waals surface area (Å²) in [6, 6.07) is 8.35. The van der Waals surface area contributed by atoms with Gasteiger partial charge in [-0.2, -0.15) is 0 Å². The molecule has 0 saturated carbocycles. The average Bonchev–Trinajstić information content (AvgIpc) is 2.82. The van der Waals surface area contributed by atoms with Crippen LogP contribution in [0.25, 0.3) is 10.9 Å². The molecule has 4 heteroatoms. The van der Waals surface area contributed by atoms with E-state index in [-0.39, 0.29) is 17.6 Å². The number of hydrogen-bond donors (Lipinski definition) is 1.